The molecule has 3 aromatic rings. The Morgan fingerprint density at radius 1 is 1.10 bits per heavy atom. The number of hydrogen-bond donors (Lipinski definition) is 2. The van der Waals surface area contributed by atoms with Crippen LogP contribution >= 0.6 is 0 Å². The van der Waals surface area contributed by atoms with E-state index < -0.39 is 10.0 Å². The quantitative estimate of drug-likeness (QED) is 0.437. The molecule has 160 valence electrons. The van der Waals surface area contributed by atoms with Crippen LogP contribution in [0.4, 0.5) is 0 Å². The topological polar surface area (TPSA) is 104 Å². The van der Waals surface area contributed by atoms with Crippen LogP contribution in [0.1, 0.15) is 25.2 Å². The molecule has 10 heteroatoms. The molecule has 2 N–H and O–H groups in total. The third-order valence-electron chi connectivity index (χ3n) is 4.81. The molecule has 0 aliphatic carbocycles. The SMILES string of the molecule is CN=C(NCc1ccc(S(=O)(=O)N(C)C(C)C)cc1)NCc1nnc2ccccn12. The molecule has 1 aromatic carbocycles. The van der Waals surface area contributed by atoms with Crippen LogP contribution in [0.5, 0.6) is 0 Å². The first-order valence-electron chi connectivity index (χ1n) is 9.63. The van der Waals surface area contributed by atoms with Crippen LogP contribution in [0, 0.1) is 0 Å². The zero-order valence-corrected chi connectivity index (χ0v) is 18.4. The fourth-order valence-corrected chi connectivity index (χ4v) is 4.17. The van der Waals surface area contributed by atoms with E-state index >= 15 is 0 Å². The van der Waals surface area contributed by atoms with Gasteiger partial charge in [0.05, 0.1) is 11.4 Å². The maximum absolute atomic E-state index is 12.6. The Kier molecular flexibility index (Phi) is 6.68. The van der Waals surface area contributed by atoms with E-state index in [1.54, 1.807) is 38.4 Å². The van der Waals surface area contributed by atoms with Crippen LogP contribution in [-0.2, 0) is 23.1 Å². The summed E-state index contributed by atoms with van der Waals surface area (Å²) in [5.41, 5.74) is 1.73. The molecule has 0 bridgehead atoms. The first-order valence-corrected chi connectivity index (χ1v) is 11.1. The molecule has 0 aliphatic rings. The van der Waals surface area contributed by atoms with Crippen molar-refractivity contribution in [3.05, 3.63) is 60.0 Å². The van der Waals surface area contributed by atoms with Gasteiger partial charge in [0, 0.05) is 32.9 Å². The first kappa shape index (κ1) is 21.7. The molecule has 0 spiro atoms. The highest BCUT2D eigenvalue weighted by atomic mass is 32.2. The lowest BCUT2D eigenvalue weighted by Gasteiger charge is -2.21. The predicted octanol–water partition coefficient (Wildman–Crippen LogP) is 1.62. The van der Waals surface area contributed by atoms with Gasteiger partial charge in [-0.05, 0) is 43.7 Å². The van der Waals surface area contributed by atoms with Gasteiger partial charge >= 0.3 is 0 Å². The molecule has 30 heavy (non-hydrogen) atoms. The van der Waals surface area contributed by atoms with Gasteiger partial charge in [-0.3, -0.25) is 9.39 Å². The lowest BCUT2D eigenvalue weighted by molar-refractivity contribution is 0.410. The number of nitrogens with zero attached hydrogens (tertiary/aromatic N) is 5. The van der Waals surface area contributed by atoms with Crippen molar-refractivity contribution in [1.82, 2.24) is 29.5 Å². The van der Waals surface area contributed by atoms with E-state index in [1.165, 1.54) is 4.31 Å². The van der Waals surface area contributed by atoms with Gasteiger partial charge in [-0.1, -0.05) is 18.2 Å². The third-order valence-corrected chi connectivity index (χ3v) is 6.86. The Morgan fingerprint density at radius 3 is 2.47 bits per heavy atom. The van der Waals surface area contributed by atoms with Crippen molar-refractivity contribution in [2.24, 2.45) is 4.99 Å². The number of aliphatic imine (C=N–C) groups is 1. The number of nitrogens with one attached hydrogen (secondary N) is 2. The molecule has 9 nitrogen and oxygen atoms in total. The molecular formula is C20H27N7O2S. The maximum Gasteiger partial charge on any atom is 0.243 e. The van der Waals surface area contributed by atoms with Gasteiger partial charge < -0.3 is 10.6 Å². The molecule has 0 aliphatic heterocycles. The summed E-state index contributed by atoms with van der Waals surface area (Å²) in [7, 11) is -0.205. The Hall–Kier alpha value is -2.98. The van der Waals surface area contributed by atoms with E-state index in [2.05, 4.69) is 25.8 Å². The number of sulfonamides is 1. The maximum atomic E-state index is 12.6. The van der Waals surface area contributed by atoms with Crippen LogP contribution in [-0.4, -0.2) is 53.4 Å². The Labute approximate surface area is 176 Å². The minimum Gasteiger partial charge on any atom is -0.352 e. The van der Waals surface area contributed by atoms with Gasteiger partial charge in [0.1, 0.15) is 0 Å². The summed E-state index contributed by atoms with van der Waals surface area (Å²) in [6.45, 7) is 4.65. The Morgan fingerprint density at radius 2 is 1.80 bits per heavy atom. The number of hydrogen-bond acceptors (Lipinski definition) is 5. The summed E-state index contributed by atoms with van der Waals surface area (Å²) in [4.78, 5) is 4.50. The lowest BCUT2D eigenvalue weighted by Crippen LogP contribution is -2.36. The number of rotatable bonds is 7. The van der Waals surface area contributed by atoms with Gasteiger partial charge in [0.2, 0.25) is 10.0 Å². The largest absolute Gasteiger partial charge is 0.352 e. The second-order valence-corrected chi connectivity index (χ2v) is 9.08. The number of fused-ring (bicyclic) bond motifs is 1. The van der Waals surface area contributed by atoms with Gasteiger partial charge in [0.25, 0.3) is 0 Å². The summed E-state index contributed by atoms with van der Waals surface area (Å²) in [6.07, 6.45) is 1.91. The summed E-state index contributed by atoms with van der Waals surface area (Å²) < 4.78 is 28.4. The van der Waals surface area contributed by atoms with Crippen molar-refractivity contribution in [2.75, 3.05) is 14.1 Å². The van der Waals surface area contributed by atoms with Crippen molar-refractivity contribution in [3.63, 3.8) is 0 Å². The van der Waals surface area contributed by atoms with E-state index in [0.717, 1.165) is 17.0 Å². The second kappa shape index (κ2) is 9.23. The zero-order chi connectivity index (χ0) is 21.7. The minimum atomic E-state index is -3.48. The monoisotopic (exact) mass is 429 g/mol. The molecule has 0 atom stereocenters. The normalized spacial score (nSPS) is 12.7. The molecule has 0 fully saturated rings. The molecule has 0 saturated carbocycles. The number of guanidine groups is 1. The van der Waals surface area contributed by atoms with E-state index in [0.29, 0.717) is 19.0 Å². The molecule has 2 aromatic heterocycles. The molecule has 0 amide bonds. The fourth-order valence-electron chi connectivity index (χ4n) is 2.80. The van der Waals surface area contributed by atoms with Crippen molar-refractivity contribution in [3.8, 4) is 0 Å². The molecule has 3 rings (SSSR count). The van der Waals surface area contributed by atoms with Gasteiger partial charge in [0.15, 0.2) is 17.4 Å². The van der Waals surface area contributed by atoms with Crippen LogP contribution in [0.15, 0.2) is 58.5 Å². The van der Waals surface area contributed by atoms with Crippen LogP contribution < -0.4 is 10.6 Å². The van der Waals surface area contributed by atoms with Gasteiger partial charge in [-0.15, -0.1) is 10.2 Å². The van der Waals surface area contributed by atoms with Crippen LogP contribution in [0.25, 0.3) is 5.65 Å². The Balaban J connectivity index is 1.59. The van der Waals surface area contributed by atoms with Crippen molar-refractivity contribution in [2.45, 2.75) is 37.9 Å². The third kappa shape index (κ3) is 4.77. The minimum absolute atomic E-state index is 0.104. The van der Waals surface area contributed by atoms with Crippen molar-refractivity contribution < 1.29 is 8.42 Å². The Bertz CT molecular complexity index is 1120. The second-order valence-electron chi connectivity index (χ2n) is 7.08. The molecule has 0 unspecified atom stereocenters. The van der Waals surface area contributed by atoms with E-state index in [1.807, 2.05) is 42.6 Å². The summed E-state index contributed by atoms with van der Waals surface area (Å²) >= 11 is 0. The van der Waals surface area contributed by atoms with E-state index in [9.17, 15) is 8.42 Å². The molecule has 0 saturated heterocycles. The predicted molar refractivity (Wildman–Crippen MR) is 117 cm³/mol. The number of pyridine rings is 1. The zero-order valence-electron chi connectivity index (χ0n) is 17.6. The van der Waals surface area contributed by atoms with E-state index in [4.69, 9.17) is 0 Å². The molecule has 0 radical (unpaired) electrons. The van der Waals surface area contributed by atoms with Crippen molar-refractivity contribution >= 4 is 21.6 Å². The highest BCUT2D eigenvalue weighted by Gasteiger charge is 2.22. The smallest absolute Gasteiger partial charge is 0.243 e. The molecular weight excluding hydrogens is 402 g/mol. The average Bonchev–Trinajstić information content (AvgIpc) is 3.16. The lowest BCUT2D eigenvalue weighted by atomic mass is 10.2. The van der Waals surface area contributed by atoms with Gasteiger partial charge in [-0.2, -0.15) is 4.31 Å². The average molecular weight is 430 g/mol. The van der Waals surface area contributed by atoms with Crippen LogP contribution in [0.3, 0.4) is 0 Å². The molecule has 2 heterocycles. The fraction of sp³-hybridized carbons (Fsp3) is 0.350. The highest BCUT2D eigenvalue weighted by molar-refractivity contribution is 7.89. The number of benzene rings is 1. The van der Waals surface area contributed by atoms with Gasteiger partial charge in [-0.25, -0.2) is 8.42 Å². The summed E-state index contributed by atoms with van der Waals surface area (Å²) in [5, 5.41) is 14.7. The first-order chi connectivity index (χ1) is 14.3. The number of aromatic nitrogens is 3. The van der Waals surface area contributed by atoms with Crippen LogP contribution in [0.2, 0.25) is 0 Å². The highest BCUT2D eigenvalue weighted by Crippen LogP contribution is 2.17. The summed E-state index contributed by atoms with van der Waals surface area (Å²) in [5.74, 6) is 1.39. The van der Waals surface area contributed by atoms with E-state index in [-0.39, 0.29) is 10.9 Å². The summed E-state index contributed by atoms with van der Waals surface area (Å²) in [6, 6.07) is 12.5. The van der Waals surface area contributed by atoms with Crippen molar-refractivity contribution in [1.29, 1.82) is 0 Å². The standard InChI is InChI=1S/C20H27N7O2S/c1-15(2)26(4)30(28,29)17-10-8-16(9-11-17)13-22-20(21-3)23-14-19-25-24-18-7-5-6-12-27(18)19/h5-12,15H,13-14H2,1-4H3,(H2,21,22,23).